The largest absolute Gasteiger partial charge is 0.309 e. The molecule has 21 heavy (non-hydrogen) atoms. The maximum atomic E-state index is 13.0. The molecule has 0 aliphatic rings. The third-order valence-electron chi connectivity index (χ3n) is 3.11. The van der Waals surface area contributed by atoms with Crippen LogP contribution in [0, 0.1) is 28.7 Å². The minimum Gasteiger partial charge on any atom is -0.309 e. The Bertz CT molecular complexity index is 675. The summed E-state index contributed by atoms with van der Waals surface area (Å²) in [5.74, 6) is -1.77. The van der Waals surface area contributed by atoms with Crippen LogP contribution in [-0.2, 0) is 13.1 Å². The summed E-state index contributed by atoms with van der Waals surface area (Å²) < 4.78 is 25.8. The Morgan fingerprint density at radius 3 is 2.29 bits per heavy atom. The van der Waals surface area contributed by atoms with E-state index < -0.39 is 16.6 Å². The molecule has 110 valence electrons. The summed E-state index contributed by atoms with van der Waals surface area (Å²) in [7, 11) is 0. The molecule has 1 N–H and O–H groups in total. The summed E-state index contributed by atoms with van der Waals surface area (Å²) in [6.07, 6.45) is 0. The van der Waals surface area contributed by atoms with Gasteiger partial charge in [0.15, 0.2) is 11.6 Å². The zero-order valence-corrected chi connectivity index (χ0v) is 11.4. The molecule has 0 spiro atoms. The van der Waals surface area contributed by atoms with E-state index in [0.717, 1.165) is 17.7 Å². The Hall–Kier alpha value is -2.34. The fourth-order valence-corrected chi connectivity index (χ4v) is 1.96. The summed E-state index contributed by atoms with van der Waals surface area (Å²) in [5.41, 5.74) is 2.04. The van der Waals surface area contributed by atoms with Gasteiger partial charge in [0.2, 0.25) is 0 Å². The Balaban J connectivity index is 1.98. The van der Waals surface area contributed by atoms with Gasteiger partial charge in [-0.15, -0.1) is 0 Å². The molecule has 0 saturated heterocycles. The highest BCUT2D eigenvalue weighted by Gasteiger charge is 2.10. The van der Waals surface area contributed by atoms with E-state index in [1.807, 2.05) is 0 Å². The smallest absolute Gasteiger partial charge is 0.272 e. The van der Waals surface area contributed by atoms with Gasteiger partial charge in [0.25, 0.3) is 5.69 Å². The molecule has 0 atom stereocenters. The normalized spacial score (nSPS) is 10.6. The molecular formula is C15H14F2N2O2. The number of aryl methyl sites for hydroxylation is 1. The van der Waals surface area contributed by atoms with Crippen molar-refractivity contribution in [2.75, 3.05) is 0 Å². The van der Waals surface area contributed by atoms with Crippen LogP contribution in [0.2, 0.25) is 0 Å². The maximum absolute atomic E-state index is 13.0. The molecule has 0 amide bonds. The van der Waals surface area contributed by atoms with E-state index in [-0.39, 0.29) is 5.69 Å². The molecular weight excluding hydrogens is 278 g/mol. The highest BCUT2D eigenvalue weighted by Crippen LogP contribution is 2.19. The fourth-order valence-electron chi connectivity index (χ4n) is 1.96. The van der Waals surface area contributed by atoms with E-state index >= 15 is 0 Å². The van der Waals surface area contributed by atoms with Gasteiger partial charge in [-0.3, -0.25) is 10.1 Å². The third-order valence-corrected chi connectivity index (χ3v) is 3.11. The van der Waals surface area contributed by atoms with E-state index in [2.05, 4.69) is 5.32 Å². The molecule has 6 heteroatoms. The van der Waals surface area contributed by atoms with Gasteiger partial charge in [0, 0.05) is 24.7 Å². The minimum absolute atomic E-state index is 0.0714. The van der Waals surface area contributed by atoms with Gasteiger partial charge < -0.3 is 5.32 Å². The summed E-state index contributed by atoms with van der Waals surface area (Å²) >= 11 is 0. The van der Waals surface area contributed by atoms with Gasteiger partial charge in [-0.2, -0.15) is 0 Å². The van der Waals surface area contributed by atoms with Gasteiger partial charge in [0.1, 0.15) is 0 Å². The van der Waals surface area contributed by atoms with Crippen LogP contribution >= 0.6 is 0 Å². The van der Waals surface area contributed by atoms with Crippen molar-refractivity contribution in [3.63, 3.8) is 0 Å². The number of hydrogen-bond acceptors (Lipinski definition) is 3. The quantitative estimate of drug-likeness (QED) is 0.678. The monoisotopic (exact) mass is 292 g/mol. The van der Waals surface area contributed by atoms with Gasteiger partial charge in [-0.05, 0) is 30.2 Å². The summed E-state index contributed by atoms with van der Waals surface area (Å²) in [5, 5.41) is 13.9. The second-order valence-corrected chi connectivity index (χ2v) is 4.73. The molecule has 0 fully saturated rings. The van der Waals surface area contributed by atoms with Crippen molar-refractivity contribution in [3.8, 4) is 0 Å². The van der Waals surface area contributed by atoms with E-state index in [9.17, 15) is 18.9 Å². The lowest BCUT2D eigenvalue weighted by Gasteiger charge is -2.06. The summed E-state index contributed by atoms with van der Waals surface area (Å²) in [6.45, 7) is 2.43. The lowest BCUT2D eigenvalue weighted by molar-refractivity contribution is -0.385. The topological polar surface area (TPSA) is 55.2 Å². The summed E-state index contributed by atoms with van der Waals surface area (Å²) in [6, 6.07) is 8.67. The maximum Gasteiger partial charge on any atom is 0.272 e. The first-order chi connectivity index (χ1) is 9.97. The van der Waals surface area contributed by atoms with Crippen LogP contribution in [0.15, 0.2) is 36.4 Å². The highest BCUT2D eigenvalue weighted by molar-refractivity contribution is 5.42. The predicted molar refractivity (Wildman–Crippen MR) is 74.7 cm³/mol. The number of hydrogen-bond donors (Lipinski definition) is 1. The van der Waals surface area contributed by atoms with Crippen LogP contribution in [0.25, 0.3) is 0 Å². The molecule has 0 saturated carbocycles. The number of nitro groups is 1. The first-order valence-electron chi connectivity index (χ1n) is 6.36. The average molecular weight is 292 g/mol. The number of rotatable bonds is 5. The Morgan fingerprint density at radius 1 is 1.05 bits per heavy atom. The molecule has 4 nitrogen and oxygen atoms in total. The average Bonchev–Trinajstić information content (AvgIpc) is 2.44. The lowest BCUT2D eigenvalue weighted by Crippen LogP contribution is -2.13. The van der Waals surface area contributed by atoms with Crippen molar-refractivity contribution in [1.29, 1.82) is 0 Å². The van der Waals surface area contributed by atoms with Crippen molar-refractivity contribution in [2.24, 2.45) is 0 Å². The minimum atomic E-state index is -0.889. The Kier molecular flexibility index (Phi) is 4.59. The van der Waals surface area contributed by atoms with Crippen LogP contribution in [0.4, 0.5) is 14.5 Å². The molecule has 2 rings (SSSR count). The SMILES string of the molecule is Cc1ccc(CNCc2ccc(F)c(F)c2)cc1[N+](=O)[O-]. The Morgan fingerprint density at radius 2 is 1.67 bits per heavy atom. The summed E-state index contributed by atoms with van der Waals surface area (Å²) in [4.78, 5) is 10.4. The molecule has 0 aliphatic carbocycles. The van der Waals surface area contributed by atoms with E-state index in [1.165, 1.54) is 12.1 Å². The molecule has 0 heterocycles. The molecule has 0 aromatic heterocycles. The van der Waals surface area contributed by atoms with Crippen LogP contribution in [0.5, 0.6) is 0 Å². The van der Waals surface area contributed by atoms with Crippen molar-refractivity contribution < 1.29 is 13.7 Å². The van der Waals surface area contributed by atoms with Crippen LogP contribution < -0.4 is 5.32 Å². The highest BCUT2D eigenvalue weighted by atomic mass is 19.2. The number of benzene rings is 2. The number of halogens is 2. The third kappa shape index (κ3) is 3.82. The second-order valence-electron chi connectivity index (χ2n) is 4.73. The predicted octanol–water partition coefficient (Wildman–Crippen LogP) is 3.47. The first kappa shape index (κ1) is 15.1. The van der Waals surface area contributed by atoms with Crippen molar-refractivity contribution >= 4 is 5.69 Å². The molecule has 2 aromatic carbocycles. The van der Waals surface area contributed by atoms with Gasteiger partial charge in [-0.1, -0.05) is 18.2 Å². The van der Waals surface area contributed by atoms with Crippen LogP contribution in [0.1, 0.15) is 16.7 Å². The number of nitrogens with zero attached hydrogens (tertiary/aromatic N) is 1. The number of nitro benzene ring substituents is 1. The van der Waals surface area contributed by atoms with E-state index in [0.29, 0.717) is 24.2 Å². The van der Waals surface area contributed by atoms with Crippen molar-refractivity contribution in [2.45, 2.75) is 20.0 Å². The number of nitrogens with one attached hydrogen (secondary N) is 1. The van der Waals surface area contributed by atoms with Gasteiger partial charge >= 0.3 is 0 Å². The zero-order chi connectivity index (χ0) is 15.4. The molecule has 0 aliphatic heterocycles. The van der Waals surface area contributed by atoms with Gasteiger partial charge in [-0.25, -0.2) is 8.78 Å². The van der Waals surface area contributed by atoms with Crippen LogP contribution in [-0.4, -0.2) is 4.92 Å². The Labute approximate surface area is 120 Å². The van der Waals surface area contributed by atoms with Crippen LogP contribution in [0.3, 0.4) is 0 Å². The molecule has 0 unspecified atom stereocenters. The lowest BCUT2D eigenvalue weighted by atomic mass is 10.1. The van der Waals surface area contributed by atoms with Crippen molar-refractivity contribution in [3.05, 3.63) is 74.8 Å². The second kappa shape index (κ2) is 6.41. The first-order valence-corrected chi connectivity index (χ1v) is 6.36. The molecule has 2 aromatic rings. The van der Waals surface area contributed by atoms with E-state index in [4.69, 9.17) is 0 Å². The van der Waals surface area contributed by atoms with Crippen molar-refractivity contribution in [1.82, 2.24) is 5.32 Å². The standard InChI is InChI=1S/C15H14F2N2O2/c1-10-2-3-12(7-15(10)19(20)21)9-18-8-11-4-5-13(16)14(17)6-11/h2-7,18H,8-9H2,1H3. The molecule has 0 radical (unpaired) electrons. The fraction of sp³-hybridized carbons (Fsp3) is 0.200. The van der Waals surface area contributed by atoms with E-state index in [1.54, 1.807) is 19.1 Å². The van der Waals surface area contributed by atoms with Gasteiger partial charge in [0.05, 0.1) is 4.92 Å². The molecule has 0 bridgehead atoms. The zero-order valence-electron chi connectivity index (χ0n) is 11.4.